The zero-order valence-electron chi connectivity index (χ0n) is 14.8. The van der Waals surface area contributed by atoms with Gasteiger partial charge < -0.3 is 10.2 Å². The Bertz CT molecular complexity index is 825. The summed E-state index contributed by atoms with van der Waals surface area (Å²) in [6, 6.07) is 12.3. The molecule has 0 aliphatic heterocycles. The summed E-state index contributed by atoms with van der Waals surface area (Å²) >= 11 is 1.35. The zero-order chi connectivity index (χ0) is 20.0. The second kappa shape index (κ2) is 8.94. The molecule has 27 heavy (non-hydrogen) atoms. The number of thioether (sulfide) groups is 1. The van der Waals surface area contributed by atoms with Gasteiger partial charge in [0.15, 0.2) is 0 Å². The molecule has 0 unspecified atom stereocenters. The van der Waals surface area contributed by atoms with E-state index in [1.165, 1.54) is 41.9 Å². The molecule has 2 aromatic rings. The van der Waals surface area contributed by atoms with Crippen LogP contribution in [0.2, 0.25) is 0 Å². The molecule has 0 bridgehead atoms. The first-order valence-corrected chi connectivity index (χ1v) is 9.05. The molecule has 0 atom stereocenters. The molecule has 2 rings (SSSR count). The number of alkyl halides is 3. The van der Waals surface area contributed by atoms with Crippen LogP contribution in [0, 0.1) is 6.92 Å². The Morgan fingerprint density at radius 3 is 2.37 bits per heavy atom. The Hall–Kier alpha value is -2.48. The Morgan fingerprint density at radius 1 is 1.07 bits per heavy atom. The largest absolute Gasteiger partial charge is 0.418 e. The third kappa shape index (κ3) is 6.02. The van der Waals surface area contributed by atoms with Gasteiger partial charge >= 0.3 is 6.18 Å². The first-order valence-electron chi connectivity index (χ1n) is 8.07. The average molecular weight is 396 g/mol. The predicted molar refractivity (Wildman–Crippen MR) is 99.6 cm³/mol. The molecule has 0 radical (unpaired) electrons. The monoisotopic (exact) mass is 396 g/mol. The van der Waals surface area contributed by atoms with Gasteiger partial charge in [-0.25, -0.2) is 0 Å². The number of nitrogens with zero attached hydrogens (tertiary/aromatic N) is 1. The van der Waals surface area contributed by atoms with Crippen molar-refractivity contribution in [2.24, 2.45) is 0 Å². The Labute approximate surface area is 159 Å². The Kier molecular flexibility index (Phi) is 6.90. The summed E-state index contributed by atoms with van der Waals surface area (Å²) in [6.07, 6.45) is -4.57. The van der Waals surface area contributed by atoms with Gasteiger partial charge in [-0.1, -0.05) is 30.3 Å². The summed E-state index contributed by atoms with van der Waals surface area (Å²) in [4.78, 5) is 26.4. The van der Waals surface area contributed by atoms with Gasteiger partial charge in [-0.3, -0.25) is 9.59 Å². The molecule has 0 saturated heterocycles. The van der Waals surface area contributed by atoms with E-state index in [2.05, 4.69) is 5.32 Å². The minimum Gasteiger partial charge on any atom is -0.336 e. The number of hydrogen-bond donors (Lipinski definition) is 1. The number of aryl methyl sites for hydroxylation is 1. The molecule has 0 spiro atoms. The predicted octanol–water partition coefficient (Wildman–Crippen LogP) is 4.20. The van der Waals surface area contributed by atoms with Crippen molar-refractivity contribution in [2.45, 2.75) is 18.0 Å². The van der Waals surface area contributed by atoms with E-state index in [0.717, 1.165) is 16.5 Å². The van der Waals surface area contributed by atoms with E-state index < -0.39 is 17.6 Å². The van der Waals surface area contributed by atoms with E-state index in [1.807, 2.05) is 31.2 Å². The lowest BCUT2D eigenvalue weighted by Crippen LogP contribution is -2.36. The summed E-state index contributed by atoms with van der Waals surface area (Å²) in [5, 5.41) is 2.23. The maximum atomic E-state index is 13.0. The molecule has 0 fully saturated rings. The van der Waals surface area contributed by atoms with Crippen LogP contribution in [-0.2, 0) is 15.8 Å². The van der Waals surface area contributed by atoms with Crippen LogP contribution in [0.3, 0.4) is 0 Å². The second-order valence-corrected chi connectivity index (χ2v) is 6.91. The Morgan fingerprint density at radius 2 is 1.70 bits per heavy atom. The van der Waals surface area contributed by atoms with E-state index in [-0.39, 0.29) is 23.9 Å². The van der Waals surface area contributed by atoms with Crippen molar-refractivity contribution in [2.75, 3.05) is 24.7 Å². The van der Waals surface area contributed by atoms with Gasteiger partial charge in [0, 0.05) is 11.9 Å². The van der Waals surface area contributed by atoms with Crippen LogP contribution in [-0.4, -0.2) is 36.1 Å². The fraction of sp³-hybridized carbons (Fsp3) is 0.263. The standard InChI is InChI=1S/C19H19F3N2O2S/c1-13-7-3-6-10-16(13)27-12-18(26)24(2)11-17(25)23-15-9-5-4-8-14(15)19(20,21)22/h3-10H,11-12H2,1-2H3,(H,23,25). The van der Waals surface area contributed by atoms with Crippen molar-refractivity contribution >= 4 is 29.3 Å². The van der Waals surface area contributed by atoms with Crippen molar-refractivity contribution in [3.05, 3.63) is 59.7 Å². The highest BCUT2D eigenvalue weighted by Gasteiger charge is 2.33. The van der Waals surface area contributed by atoms with Gasteiger partial charge in [-0.15, -0.1) is 11.8 Å². The molecule has 8 heteroatoms. The highest BCUT2D eigenvalue weighted by atomic mass is 32.2. The molecular formula is C19H19F3N2O2S. The number of nitrogens with one attached hydrogen (secondary N) is 1. The van der Waals surface area contributed by atoms with Gasteiger partial charge in [-0.05, 0) is 30.7 Å². The highest BCUT2D eigenvalue weighted by Crippen LogP contribution is 2.34. The van der Waals surface area contributed by atoms with E-state index in [0.29, 0.717) is 0 Å². The fourth-order valence-corrected chi connectivity index (χ4v) is 3.27. The fourth-order valence-electron chi connectivity index (χ4n) is 2.30. The number of benzene rings is 2. The number of rotatable bonds is 6. The maximum absolute atomic E-state index is 13.0. The number of para-hydroxylation sites is 1. The summed E-state index contributed by atoms with van der Waals surface area (Å²) in [5.74, 6) is -0.848. The molecule has 2 aromatic carbocycles. The number of anilines is 1. The molecule has 144 valence electrons. The van der Waals surface area contributed by atoms with Crippen LogP contribution < -0.4 is 5.32 Å². The smallest absolute Gasteiger partial charge is 0.336 e. The van der Waals surface area contributed by atoms with Gasteiger partial charge in [0.05, 0.1) is 23.5 Å². The maximum Gasteiger partial charge on any atom is 0.418 e. The summed E-state index contributed by atoms with van der Waals surface area (Å²) in [7, 11) is 1.44. The quantitative estimate of drug-likeness (QED) is 0.745. The SMILES string of the molecule is Cc1ccccc1SCC(=O)N(C)CC(=O)Nc1ccccc1C(F)(F)F. The van der Waals surface area contributed by atoms with E-state index in [1.54, 1.807) is 0 Å². The van der Waals surface area contributed by atoms with Crippen molar-refractivity contribution < 1.29 is 22.8 Å². The first kappa shape index (κ1) is 20.8. The van der Waals surface area contributed by atoms with Crippen LogP contribution in [0.25, 0.3) is 0 Å². The number of likely N-dealkylation sites (N-methyl/N-ethyl adjacent to an activating group) is 1. The summed E-state index contributed by atoms with van der Waals surface area (Å²) < 4.78 is 38.9. The third-order valence-electron chi connectivity index (χ3n) is 3.76. The van der Waals surface area contributed by atoms with Crippen molar-refractivity contribution in [3.63, 3.8) is 0 Å². The van der Waals surface area contributed by atoms with Crippen molar-refractivity contribution in [3.8, 4) is 0 Å². The van der Waals surface area contributed by atoms with Gasteiger partial charge in [0.1, 0.15) is 0 Å². The molecule has 1 N–H and O–H groups in total. The lowest BCUT2D eigenvalue weighted by Gasteiger charge is -2.18. The average Bonchev–Trinajstić information content (AvgIpc) is 2.60. The number of hydrogen-bond acceptors (Lipinski definition) is 3. The second-order valence-electron chi connectivity index (χ2n) is 5.90. The molecule has 0 heterocycles. The molecular weight excluding hydrogens is 377 g/mol. The molecule has 0 aromatic heterocycles. The topological polar surface area (TPSA) is 49.4 Å². The van der Waals surface area contributed by atoms with Crippen molar-refractivity contribution in [1.82, 2.24) is 4.90 Å². The lowest BCUT2D eigenvalue weighted by atomic mass is 10.1. The zero-order valence-corrected chi connectivity index (χ0v) is 15.7. The third-order valence-corrected chi connectivity index (χ3v) is 4.92. The Balaban J connectivity index is 1.92. The van der Waals surface area contributed by atoms with Gasteiger partial charge in [0.25, 0.3) is 0 Å². The molecule has 0 aliphatic carbocycles. The number of amides is 2. The van der Waals surface area contributed by atoms with Crippen LogP contribution in [0.1, 0.15) is 11.1 Å². The van der Waals surface area contributed by atoms with E-state index in [9.17, 15) is 22.8 Å². The highest BCUT2D eigenvalue weighted by molar-refractivity contribution is 8.00. The van der Waals surface area contributed by atoms with Gasteiger partial charge in [0.2, 0.25) is 11.8 Å². The summed E-state index contributed by atoms with van der Waals surface area (Å²) in [5.41, 5.74) is -0.216. The first-order chi connectivity index (χ1) is 12.7. The van der Waals surface area contributed by atoms with Gasteiger partial charge in [-0.2, -0.15) is 13.2 Å². The molecule has 4 nitrogen and oxygen atoms in total. The normalized spacial score (nSPS) is 11.1. The van der Waals surface area contributed by atoms with Crippen LogP contribution >= 0.6 is 11.8 Å². The number of carbonyl (C=O) groups excluding carboxylic acids is 2. The van der Waals surface area contributed by atoms with Crippen LogP contribution in [0.15, 0.2) is 53.4 Å². The number of carbonyl (C=O) groups is 2. The number of halogens is 3. The van der Waals surface area contributed by atoms with Crippen LogP contribution in [0.5, 0.6) is 0 Å². The molecule has 0 aliphatic rings. The van der Waals surface area contributed by atoms with Crippen molar-refractivity contribution in [1.29, 1.82) is 0 Å². The minimum atomic E-state index is -4.57. The lowest BCUT2D eigenvalue weighted by molar-refractivity contribution is -0.137. The van der Waals surface area contributed by atoms with Crippen LogP contribution in [0.4, 0.5) is 18.9 Å². The minimum absolute atomic E-state index is 0.133. The summed E-state index contributed by atoms with van der Waals surface area (Å²) in [6.45, 7) is 1.60. The molecule has 2 amide bonds. The molecule has 0 saturated carbocycles. The van der Waals surface area contributed by atoms with E-state index >= 15 is 0 Å². The van der Waals surface area contributed by atoms with E-state index in [4.69, 9.17) is 0 Å².